The number of phenols is 1. The molecule has 184 valence electrons. The average molecular weight is 478 g/mol. The Labute approximate surface area is 213 Å². The van der Waals surface area contributed by atoms with Crippen LogP contribution < -0.4 is 5.43 Å². The van der Waals surface area contributed by atoms with Gasteiger partial charge in [0.1, 0.15) is 5.75 Å². The second-order valence-corrected chi connectivity index (χ2v) is 8.28. The quantitative estimate of drug-likeness (QED) is 0.160. The van der Waals surface area contributed by atoms with Gasteiger partial charge in [0.2, 0.25) is 0 Å². The van der Waals surface area contributed by atoms with E-state index in [1.807, 2.05) is 82.4 Å². The number of aromatic hydroxyl groups is 1. The van der Waals surface area contributed by atoms with Gasteiger partial charge >= 0.3 is 0 Å². The van der Waals surface area contributed by atoms with E-state index >= 15 is 0 Å². The predicted molar refractivity (Wildman–Crippen MR) is 158 cm³/mol. The molecule has 0 unspecified atom stereocenters. The maximum Gasteiger partial charge on any atom is 0.197 e. The van der Waals surface area contributed by atoms with Crippen LogP contribution >= 0.6 is 0 Å². The summed E-state index contributed by atoms with van der Waals surface area (Å²) in [5.74, 6) is 0.273. The van der Waals surface area contributed by atoms with Gasteiger partial charge in [0, 0.05) is 17.8 Å². The fraction of sp³-hybridized carbons (Fsp3) is 0.182. The fourth-order valence-electron chi connectivity index (χ4n) is 4.14. The van der Waals surface area contributed by atoms with Gasteiger partial charge in [0.05, 0.1) is 11.0 Å². The van der Waals surface area contributed by atoms with Crippen LogP contribution in [0.5, 0.6) is 5.75 Å². The Morgan fingerprint density at radius 2 is 1.39 bits per heavy atom. The van der Waals surface area contributed by atoms with Gasteiger partial charge in [-0.1, -0.05) is 81.5 Å². The van der Waals surface area contributed by atoms with Crippen molar-refractivity contribution in [1.82, 2.24) is 4.57 Å². The van der Waals surface area contributed by atoms with Crippen LogP contribution in [0.1, 0.15) is 45.2 Å². The minimum Gasteiger partial charge on any atom is -0.508 e. The minimum atomic E-state index is 0.0713. The summed E-state index contributed by atoms with van der Waals surface area (Å²) in [4.78, 5) is 12.8. The number of hydrogen-bond donors (Lipinski definition) is 1. The van der Waals surface area contributed by atoms with Crippen LogP contribution in [0.2, 0.25) is 0 Å². The van der Waals surface area contributed by atoms with E-state index in [-0.39, 0.29) is 11.2 Å². The molecule has 0 saturated carbocycles. The Morgan fingerprint density at radius 1 is 0.778 bits per heavy atom. The molecule has 3 nitrogen and oxygen atoms in total. The van der Waals surface area contributed by atoms with E-state index in [9.17, 15) is 9.90 Å². The highest BCUT2D eigenvalue weighted by atomic mass is 16.3. The number of benzene rings is 4. The molecule has 3 heteroatoms. The molecule has 0 spiro atoms. The molecule has 0 aliphatic heterocycles. The molecule has 0 bridgehead atoms. The van der Waals surface area contributed by atoms with Crippen molar-refractivity contribution in [1.29, 1.82) is 0 Å². The lowest BCUT2D eigenvalue weighted by molar-refractivity contribution is 0.476. The first-order valence-electron chi connectivity index (χ1n) is 12.6. The minimum absolute atomic E-state index is 0.0713. The molecule has 0 fully saturated rings. The van der Waals surface area contributed by atoms with Gasteiger partial charge in [0.15, 0.2) is 5.43 Å². The molecular formula is C33H35NO2. The number of phenolic OH excluding ortho intramolecular Hbond substituents is 1. The van der Waals surface area contributed by atoms with E-state index in [1.54, 1.807) is 12.1 Å². The van der Waals surface area contributed by atoms with Gasteiger partial charge in [-0.2, -0.15) is 0 Å². The highest BCUT2D eigenvalue weighted by Crippen LogP contribution is 2.23. The summed E-state index contributed by atoms with van der Waals surface area (Å²) in [5.41, 5.74) is 4.04. The zero-order valence-corrected chi connectivity index (χ0v) is 21.8. The molecule has 5 aromatic rings. The molecule has 0 saturated heterocycles. The molecule has 4 aromatic carbocycles. The van der Waals surface area contributed by atoms with Crippen LogP contribution in [0.15, 0.2) is 95.8 Å². The largest absolute Gasteiger partial charge is 0.508 e. The average Bonchev–Trinajstić information content (AvgIpc) is 2.92. The molecule has 5 rings (SSSR count). The van der Waals surface area contributed by atoms with Crippen LogP contribution in [0.4, 0.5) is 0 Å². The van der Waals surface area contributed by atoms with Crippen molar-refractivity contribution < 1.29 is 5.11 Å². The standard InChI is InChI=1S/C26H19NO2.C5H10.C2H6/c1-27-24-5-3-2-4-22(24)26(29)23-13-9-18(15-25(23)27)7-6-17-8-10-20-16-21(28)12-11-19(20)14-17;1-3-5-4-2;1-2/h2-16,28H,1H3;3,5H,4H2,1-2H3;1-2H3/b7-6+;5-3-;. The third-order valence-electron chi connectivity index (χ3n) is 5.93. The van der Waals surface area contributed by atoms with Gasteiger partial charge in [-0.25, -0.2) is 0 Å². The summed E-state index contributed by atoms with van der Waals surface area (Å²) < 4.78 is 2.08. The predicted octanol–water partition coefficient (Wildman–Crippen LogP) is 8.72. The van der Waals surface area contributed by atoms with E-state index in [4.69, 9.17) is 0 Å². The molecule has 1 heterocycles. The first-order chi connectivity index (χ1) is 17.5. The lowest BCUT2D eigenvalue weighted by Gasteiger charge is -2.10. The number of fused-ring (bicyclic) bond motifs is 3. The Balaban J connectivity index is 0.000000463. The van der Waals surface area contributed by atoms with Crippen molar-refractivity contribution in [2.45, 2.75) is 34.1 Å². The Morgan fingerprint density at radius 3 is 2.08 bits per heavy atom. The second kappa shape index (κ2) is 12.6. The van der Waals surface area contributed by atoms with Crippen molar-refractivity contribution in [3.8, 4) is 5.75 Å². The van der Waals surface area contributed by atoms with E-state index in [2.05, 4.69) is 47.9 Å². The van der Waals surface area contributed by atoms with E-state index in [0.29, 0.717) is 0 Å². The summed E-state index contributed by atoms with van der Waals surface area (Å²) in [7, 11) is 2.00. The van der Waals surface area contributed by atoms with Crippen molar-refractivity contribution >= 4 is 44.7 Å². The van der Waals surface area contributed by atoms with Gasteiger partial charge in [-0.05, 0) is 77.7 Å². The Bertz CT molecular complexity index is 1590. The summed E-state index contributed by atoms with van der Waals surface area (Å²) in [6, 6.07) is 25.2. The van der Waals surface area contributed by atoms with Crippen molar-refractivity contribution in [3.63, 3.8) is 0 Å². The summed E-state index contributed by atoms with van der Waals surface area (Å²) in [5, 5.41) is 13.2. The van der Waals surface area contributed by atoms with Gasteiger partial charge in [0.25, 0.3) is 0 Å². The smallest absolute Gasteiger partial charge is 0.197 e. The van der Waals surface area contributed by atoms with Crippen molar-refractivity contribution in [2.24, 2.45) is 7.05 Å². The normalized spacial score (nSPS) is 11.0. The van der Waals surface area contributed by atoms with Crippen LogP contribution in [-0.2, 0) is 7.05 Å². The number of nitrogens with zero attached hydrogens (tertiary/aromatic N) is 1. The molecule has 0 aliphatic rings. The maximum absolute atomic E-state index is 12.8. The number of aromatic nitrogens is 1. The zero-order chi connectivity index (χ0) is 26.1. The third-order valence-corrected chi connectivity index (χ3v) is 5.93. The van der Waals surface area contributed by atoms with Crippen molar-refractivity contribution in [3.05, 3.63) is 112 Å². The SMILES string of the molecule is C/C=C\CC.CC.Cn1c2ccccc2c(=O)c2ccc(/C=C/c3ccc4cc(O)ccc4c3)cc21. The van der Waals surface area contributed by atoms with E-state index < -0.39 is 0 Å². The number of para-hydroxylation sites is 1. The summed E-state index contributed by atoms with van der Waals surface area (Å²) >= 11 is 0. The number of rotatable bonds is 3. The van der Waals surface area contributed by atoms with Crippen LogP contribution in [-0.4, -0.2) is 9.67 Å². The maximum atomic E-state index is 12.8. The molecule has 1 aromatic heterocycles. The molecule has 0 aliphatic carbocycles. The molecule has 36 heavy (non-hydrogen) atoms. The monoisotopic (exact) mass is 477 g/mol. The third kappa shape index (κ3) is 5.92. The van der Waals surface area contributed by atoms with E-state index in [1.165, 1.54) is 0 Å². The number of pyridine rings is 1. The zero-order valence-electron chi connectivity index (χ0n) is 21.8. The highest BCUT2D eigenvalue weighted by molar-refractivity contribution is 5.94. The van der Waals surface area contributed by atoms with Crippen LogP contribution in [0.3, 0.4) is 0 Å². The number of hydrogen-bond acceptors (Lipinski definition) is 2. The van der Waals surface area contributed by atoms with Gasteiger partial charge in [-0.3, -0.25) is 4.79 Å². The van der Waals surface area contributed by atoms with E-state index in [0.717, 1.165) is 50.1 Å². The van der Waals surface area contributed by atoms with Gasteiger partial charge in [-0.15, -0.1) is 0 Å². The molecule has 1 N–H and O–H groups in total. The number of allylic oxidation sites excluding steroid dienone is 2. The number of aryl methyl sites for hydroxylation is 1. The molecule has 0 atom stereocenters. The lowest BCUT2D eigenvalue weighted by Crippen LogP contribution is -2.08. The molecule has 0 radical (unpaired) electrons. The van der Waals surface area contributed by atoms with Crippen molar-refractivity contribution in [2.75, 3.05) is 0 Å². The summed E-state index contributed by atoms with van der Waals surface area (Å²) in [6.07, 6.45) is 9.46. The first kappa shape index (κ1) is 26.5. The Kier molecular flexibility index (Phi) is 9.24. The Hall–Kier alpha value is -4.11. The van der Waals surface area contributed by atoms with Crippen LogP contribution in [0.25, 0.3) is 44.7 Å². The highest BCUT2D eigenvalue weighted by Gasteiger charge is 2.08. The lowest BCUT2D eigenvalue weighted by atomic mass is 10.0. The fourth-order valence-corrected chi connectivity index (χ4v) is 4.14. The molecular weight excluding hydrogens is 442 g/mol. The topological polar surface area (TPSA) is 42.2 Å². The second-order valence-electron chi connectivity index (χ2n) is 8.28. The molecule has 0 amide bonds. The first-order valence-corrected chi connectivity index (χ1v) is 12.6. The summed E-state index contributed by atoms with van der Waals surface area (Å²) in [6.45, 7) is 8.16. The van der Waals surface area contributed by atoms with Crippen LogP contribution in [0, 0.1) is 0 Å². The van der Waals surface area contributed by atoms with Gasteiger partial charge < -0.3 is 9.67 Å².